The van der Waals surface area contributed by atoms with Gasteiger partial charge in [-0.2, -0.15) is 0 Å². The highest BCUT2D eigenvalue weighted by Gasteiger charge is 2.22. The zero-order chi connectivity index (χ0) is 16.2. The summed E-state index contributed by atoms with van der Waals surface area (Å²) in [5.74, 6) is 0.0950. The molecule has 2 N–H and O–H groups in total. The molecule has 2 aliphatic heterocycles. The van der Waals surface area contributed by atoms with Gasteiger partial charge in [0.1, 0.15) is 6.54 Å². The Bertz CT molecular complexity index is 609. The van der Waals surface area contributed by atoms with Crippen LogP contribution in [0.3, 0.4) is 0 Å². The first-order chi connectivity index (χ1) is 11.2. The molecule has 6 nitrogen and oxygen atoms in total. The Morgan fingerprint density at radius 3 is 2.83 bits per heavy atom. The first-order valence-electron chi connectivity index (χ1n) is 8.30. The number of esters is 1. The third kappa shape index (κ3) is 3.57. The molecule has 0 radical (unpaired) electrons. The maximum atomic E-state index is 11.7. The van der Waals surface area contributed by atoms with Crippen molar-refractivity contribution in [1.82, 2.24) is 4.90 Å². The fourth-order valence-corrected chi connectivity index (χ4v) is 3.14. The molecule has 1 aromatic carbocycles. The molecule has 0 atom stereocenters. The van der Waals surface area contributed by atoms with Crippen molar-refractivity contribution < 1.29 is 9.53 Å². The molecule has 3 rings (SSSR count). The summed E-state index contributed by atoms with van der Waals surface area (Å²) in [6, 6.07) is 6.31. The Labute approximate surface area is 136 Å². The van der Waals surface area contributed by atoms with Crippen LogP contribution in [0.5, 0.6) is 0 Å². The van der Waals surface area contributed by atoms with Crippen LogP contribution < -0.4 is 10.6 Å². The average Bonchev–Trinajstić information content (AvgIpc) is 2.56. The van der Waals surface area contributed by atoms with Crippen molar-refractivity contribution in [2.24, 2.45) is 10.7 Å². The summed E-state index contributed by atoms with van der Waals surface area (Å²) < 4.78 is 5.00. The second-order valence-electron chi connectivity index (χ2n) is 5.99. The van der Waals surface area contributed by atoms with Crippen LogP contribution in [0.2, 0.25) is 0 Å². The first kappa shape index (κ1) is 15.6. The van der Waals surface area contributed by atoms with E-state index in [0.717, 1.165) is 24.3 Å². The number of aliphatic imine (C=N–C) groups is 1. The highest BCUT2D eigenvalue weighted by atomic mass is 16.5. The van der Waals surface area contributed by atoms with Crippen molar-refractivity contribution in [2.75, 3.05) is 31.1 Å². The molecule has 2 aliphatic rings. The Morgan fingerprint density at radius 1 is 1.30 bits per heavy atom. The van der Waals surface area contributed by atoms with Gasteiger partial charge in [-0.05, 0) is 49.9 Å². The molecule has 0 spiro atoms. The zero-order valence-corrected chi connectivity index (χ0v) is 13.6. The highest BCUT2D eigenvalue weighted by Crippen LogP contribution is 2.30. The normalized spacial score (nSPS) is 17.5. The van der Waals surface area contributed by atoms with Crippen LogP contribution in [0, 0.1) is 0 Å². The number of carbonyl (C=O) groups excluding carboxylic acids is 1. The highest BCUT2D eigenvalue weighted by molar-refractivity contribution is 5.87. The third-order valence-electron chi connectivity index (χ3n) is 4.33. The van der Waals surface area contributed by atoms with Crippen LogP contribution in [-0.2, 0) is 16.1 Å². The van der Waals surface area contributed by atoms with Gasteiger partial charge >= 0.3 is 5.97 Å². The Kier molecular flexibility index (Phi) is 4.69. The van der Waals surface area contributed by atoms with E-state index in [1.54, 1.807) is 11.8 Å². The zero-order valence-electron chi connectivity index (χ0n) is 13.6. The van der Waals surface area contributed by atoms with Crippen LogP contribution >= 0.6 is 0 Å². The van der Waals surface area contributed by atoms with Gasteiger partial charge in [0.25, 0.3) is 0 Å². The summed E-state index contributed by atoms with van der Waals surface area (Å²) in [6.45, 7) is 5.11. The van der Waals surface area contributed by atoms with Crippen LogP contribution in [-0.4, -0.2) is 43.1 Å². The number of fused-ring (bicyclic) bond motifs is 1. The van der Waals surface area contributed by atoms with Crippen molar-refractivity contribution in [3.05, 3.63) is 23.8 Å². The minimum Gasteiger partial charge on any atom is -0.465 e. The lowest BCUT2D eigenvalue weighted by Gasteiger charge is -2.31. The first-order valence-corrected chi connectivity index (χ1v) is 8.30. The Morgan fingerprint density at radius 2 is 2.09 bits per heavy atom. The Balaban J connectivity index is 1.76. The van der Waals surface area contributed by atoms with E-state index in [1.165, 1.54) is 24.9 Å². The van der Waals surface area contributed by atoms with Gasteiger partial charge in [0.05, 0.1) is 12.3 Å². The number of ether oxygens (including phenoxy) is 1. The number of benzene rings is 1. The van der Waals surface area contributed by atoms with Gasteiger partial charge in [-0.3, -0.25) is 4.79 Å². The lowest BCUT2D eigenvalue weighted by molar-refractivity contribution is -0.143. The third-order valence-corrected chi connectivity index (χ3v) is 4.33. The van der Waals surface area contributed by atoms with Crippen molar-refractivity contribution in [3.8, 4) is 0 Å². The Hall–Kier alpha value is -2.24. The number of guanidine groups is 1. The van der Waals surface area contributed by atoms with Gasteiger partial charge in [0.15, 0.2) is 5.96 Å². The molecule has 0 amide bonds. The lowest BCUT2D eigenvalue weighted by atomic mass is 10.1. The number of nitrogens with two attached hydrogens (primary N) is 1. The summed E-state index contributed by atoms with van der Waals surface area (Å²) in [5.41, 5.74) is 9.20. The maximum absolute atomic E-state index is 11.7. The van der Waals surface area contributed by atoms with Crippen LogP contribution in [0.15, 0.2) is 23.2 Å². The number of nitrogens with zero attached hydrogens (tertiary/aromatic N) is 3. The second-order valence-corrected chi connectivity index (χ2v) is 5.99. The van der Waals surface area contributed by atoms with Crippen molar-refractivity contribution in [2.45, 2.75) is 32.7 Å². The van der Waals surface area contributed by atoms with E-state index in [2.05, 4.69) is 22.0 Å². The number of hydrogen-bond donors (Lipinski definition) is 1. The molecular weight excluding hydrogens is 292 g/mol. The maximum Gasteiger partial charge on any atom is 0.325 e. The smallest absolute Gasteiger partial charge is 0.325 e. The molecule has 0 aliphatic carbocycles. The molecule has 0 aromatic heterocycles. The molecule has 1 fully saturated rings. The summed E-state index contributed by atoms with van der Waals surface area (Å²) in [6.07, 6.45) is 3.81. The molecule has 23 heavy (non-hydrogen) atoms. The van der Waals surface area contributed by atoms with E-state index in [-0.39, 0.29) is 12.5 Å². The average molecular weight is 316 g/mol. The molecular formula is C17H24N4O2. The fraction of sp³-hybridized carbons (Fsp3) is 0.529. The largest absolute Gasteiger partial charge is 0.465 e. The van der Waals surface area contributed by atoms with E-state index in [1.807, 2.05) is 6.07 Å². The quantitative estimate of drug-likeness (QED) is 0.860. The molecule has 0 bridgehead atoms. The van der Waals surface area contributed by atoms with E-state index >= 15 is 0 Å². The minimum absolute atomic E-state index is 0.135. The molecule has 0 saturated carbocycles. The van der Waals surface area contributed by atoms with Gasteiger partial charge in [-0.15, -0.1) is 0 Å². The molecule has 1 aromatic rings. The summed E-state index contributed by atoms with van der Waals surface area (Å²) in [7, 11) is 0. The fourth-order valence-electron chi connectivity index (χ4n) is 3.14. The number of hydrogen-bond acceptors (Lipinski definition) is 6. The minimum atomic E-state index is -0.277. The van der Waals surface area contributed by atoms with Gasteiger partial charge in [-0.1, -0.05) is 0 Å². The van der Waals surface area contributed by atoms with E-state index in [0.29, 0.717) is 19.1 Å². The molecule has 1 saturated heterocycles. The number of rotatable bonds is 4. The van der Waals surface area contributed by atoms with Crippen LogP contribution in [0.1, 0.15) is 31.7 Å². The summed E-state index contributed by atoms with van der Waals surface area (Å²) in [4.78, 5) is 20.3. The van der Waals surface area contributed by atoms with Crippen molar-refractivity contribution in [1.29, 1.82) is 0 Å². The molecule has 2 heterocycles. The summed E-state index contributed by atoms with van der Waals surface area (Å²) >= 11 is 0. The predicted octanol–water partition coefficient (Wildman–Crippen LogP) is 2.00. The number of piperidine rings is 1. The van der Waals surface area contributed by atoms with Crippen molar-refractivity contribution >= 4 is 23.3 Å². The number of anilines is 1. The SMILES string of the molecule is CCOC(=O)CN1Cc2cc(N3CCCCC3)ccc2N=C1N. The van der Waals surface area contributed by atoms with Crippen LogP contribution in [0.4, 0.5) is 11.4 Å². The molecule has 6 heteroatoms. The van der Waals surface area contributed by atoms with E-state index in [4.69, 9.17) is 10.5 Å². The van der Waals surface area contributed by atoms with E-state index in [9.17, 15) is 4.79 Å². The summed E-state index contributed by atoms with van der Waals surface area (Å²) in [5, 5.41) is 0. The van der Waals surface area contributed by atoms with Gasteiger partial charge in [0.2, 0.25) is 0 Å². The number of carbonyl (C=O) groups is 1. The molecule has 124 valence electrons. The van der Waals surface area contributed by atoms with Gasteiger partial charge < -0.3 is 20.3 Å². The predicted molar refractivity (Wildman–Crippen MR) is 90.8 cm³/mol. The van der Waals surface area contributed by atoms with Crippen molar-refractivity contribution in [3.63, 3.8) is 0 Å². The van der Waals surface area contributed by atoms with Gasteiger partial charge in [0, 0.05) is 25.3 Å². The standard InChI is InChI=1S/C17H24N4O2/c1-2-23-16(22)12-21-11-13-10-14(20-8-4-3-5-9-20)6-7-15(13)19-17(21)18/h6-7,10H,2-5,8-9,11-12H2,1H3,(H2,18,19). The second kappa shape index (κ2) is 6.89. The molecule has 0 unspecified atom stereocenters. The monoisotopic (exact) mass is 316 g/mol. The topological polar surface area (TPSA) is 71.2 Å². The van der Waals surface area contributed by atoms with Gasteiger partial charge in [-0.25, -0.2) is 4.99 Å². The lowest BCUT2D eigenvalue weighted by Crippen LogP contribution is -2.42. The van der Waals surface area contributed by atoms with E-state index < -0.39 is 0 Å². The van der Waals surface area contributed by atoms with Crippen LogP contribution in [0.25, 0.3) is 0 Å².